The van der Waals surface area contributed by atoms with E-state index in [0.717, 1.165) is 11.3 Å². The van der Waals surface area contributed by atoms with E-state index < -0.39 is 0 Å². The number of hydrogen-bond donors (Lipinski definition) is 0. The fraction of sp³-hybridized carbons (Fsp3) is 0.176. The summed E-state index contributed by atoms with van der Waals surface area (Å²) in [6, 6.07) is 17.0. The molecule has 2 heteroatoms. The summed E-state index contributed by atoms with van der Waals surface area (Å²) in [6.07, 6.45) is 0. The molecule has 0 aliphatic carbocycles. The van der Waals surface area contributed by atoms with Gasteiger partial charge in [-0.25, -0.2) is 0 Å². The largest absolute Gasteiger partial charge is 0.496 e. The molecule has 0 N–H and O–H groups in total. The highest BCUT2D eigenvalue weighted by Crippen LogP contribution is 2.30. The van der Waals surface area contributed by atoms with Gasteiger partial charge in [0.15, 0.2) is 0 Å². The van der Waals surface area contributed by atoms with Crippen molar-refractivity contribution >= 4 is 10.9 Å². The minimum Gasteiger partial charge on any atom is -0.496 e. The van der Waals surface area contributed by atoms with Gasteiger partial charge in [0.25, 0.3) is 0 Å². The summed E-state index contributed by atoms with van der Waals surface area (Å²) in [5.74, 6) is 0.933. The number of aryl methyl sites for hydroxylation is 2. The van der Waals surface area contributed by atoms with Gasteiger partial charge >= 0.3 is 0 Å². The summed E-state index contributed by atoms with van der Waals surface area (Å²) in [4.78, 5) is 0. The van der Waals surface area contributed by atoms with E-state index in [-0.39, 0.29) is 0 Å². The third kappa shape index (κ3) is 1.89. The molecule has 19 heavy (non-hydrogen) atoms. The van der Waals surface area contributed by atoms with Gasteiger partial charge in [0.1, 0.15) is 5.75 Å². The molecule has 0 aliphatic heterocycles. The number of fused-ring (bicyclic) bond motifs is 1. The third-order valence-corrected chi connectivity index (χ3v) is 3.64. The van der Waals surface area contributed by atoms with Crippen LogP contribution in [0.15, 0.2) is 48.5 Å². The summed E-state index contributed by atoms with van der Waals surface area (Å²) in [7, 11) is 3.82. The monoisotopic (exact) mass is 251 g/mol. The second kappa shape index (κ2) is 4.47. The van der Waals surface area contributed by atoms with Gasteiger partial charge in [-0.15, -0.1) is 0 Å². The lowest BCUT2D eigenvalue weighted by molar-refractivity contribution is 0.412. The van der Waals surface area contributed by atoms with E-state index >= 15 is 0 Å². The Morgan fingerprint density at radius 1 is 1.00 bits per heavy atom. The van der Waals surface area contributed by atoms with Gasteiger partial charge in [0.2, 0.25) is 0 Å². The lowest BCUT2D eigenvalue weighted by Gasteiger charge is -2.08. The number of nitrogens with zero attached hydrogens (tertiary/aromatic N) is 1. The quantitative estimate of drug-likeness (QED) is 0.667. The van der Waals surface area contributed by atoms with Crippen molar-refractivity contribution in [2.24, 2.45) is 7.05 Å². The number of aromatic nitrogens is 1. The van der Waals surface area contributed by atoms with Crippen LogP contribution in [0, 0.1) is 6.92 Å². The highest BCUT2D eigenvalue weighted by atomic mass is 16.5. The average molecular weight is 251 g/mol. The predicted octanol–water partition coefficient (Wildman–Crippen LogP) is 4.16. The smallest absolute Gasteiger partial charge is 0.121 e. The third-order valence-electron chi connectivity index (χ3n) is 3.64. The first kappa shape index (κ1) is 11.8. The van der Waals surface area contributed by atoms with Crippen LogP contribution in [-0.2, 0) is 7.05 Å². The molecule has 1 aromatic heterocycles. The molecular weight excluding hydrogens is 234 g/mol. The van der Waals surface area contributed by atoms with Crippen LogP contribution >= 0.6 is 0 Å². The van der Waals surface area contributed by atoms with Gasteiger partial charge < -0.3 is 9.30 Å². The molecule has 3 aromatic rings. The number of para-hydroxylation sites is 1. The number of benzene rings is 2. The molecule has 0 aliphatic rings. The van der Waals surface area contributed by atoms with Gasteiger partial charge in [0.05, 0.1) is 7.11 Å². The van der Waals surface area contributed by atoms with Crippen molar-refractivity contribution in [2.45, 2.75) is 6.92 Å². The second-order valence-electron chi connectivity index (χ2n) is 4.83. The Morgan fingerprint density at radius 3 is 2.47 bits per heavy atom. The van der Waals surface area contributed by atoms with Crippen LogP contribution in [0.2, 0.25) is 0 Å². The van der Waals surface area contributed by atoms with Gasteiger partial charge in [-0.1, -0.05) is 18.2 Å². The summed E-state index contributed by atoms with van der Waals surface area (Å²) in [5, 5.41) is 1.27. The van der Waals surface area contributed by atoms with E-state index in [1.54, 1.807) is 7.11 Å². The Bertz CT molecular complexity index is 740. The minimum atomic E-state index is 0.933. The first-order chi connectivity index (χ1) is 9.20. The van der Waals surface area contributed by atoms with Crippen molar-refractivity contribution in [3.8, 4) is 17.0 Å². The molecule has 2 aromatic carbocycles. The molecule has 0 atom stereocenters. The van der Waals surface area contributed by atoms with Crippen molar-refractivity contribution < 1.29 is 4.74 Å². The fourth-order valence-electron chi connectivity index (χ4n) is 2.60. The van der Waals surface area contributed by atoms with Crippen molar-refractivity contribution in [3.05, 3.63) is 54.1 Å². The highest BCUT2D eigenvalue weighted by molar-refractivity contribution is 5.87. The van der Waals surface area contributed by atoms with Gasteiger partial charge in [-0.2, -0.15) is 0 Å². The van der Waals surface area contributed by atoms with Crippen molar-refractivity contribution in [1.82, 2.24) is 4.57 Å². The van der Waals surface area contributed by atoms with Crippen molar-refractivity contribution in [3.63, 3.8) is 0 Å². The fourth-order valence-corrected chi connectivity index (χ4v) is 2.60. The van der Waals surface area contributed by atoms with Gasteiger partial charge in [-0.05, 0) is 48.4 Å². The average Bonchev–Trinajstić information content (AvgIpc) is 2.77. The molecule has 0 amide bonds. The highest BCUT2D eigenvalue weighted by Gasteiger charge is 2.08. The summed E-state index contributed by atoms with van der Waals surface area (Å²) >= 11 is 0. The number of hydrogen-bond acceptors (Lipinski definition) is 1. The molecule has 0 fully saturated rings. The van der Waals surface area contributed by atoms with Crippen LogP contribution in [0.3, 0.4) is 0 Å². The van der Waals surface area contributed by atoms with Crippen molar-refractivity contribution in [2.75, 3.05) is 7.11 Å². The maximum Gasteiger partial charge on any atom is 0.121 e. The number of ether oxygens (including phenoxy) is 1. The zero-order valence-electron chi connectivity index (χ0n) is 11.5. The number of methoxy groups -OCH3 is 1. The molecule has 0 unspecified atom stereocenters. The van der Waals surface area contributed by atoms with E-state index in [0.29, 0.717) is 0 Å². The Hall–Kier alpha value is -2.22. The Kier molecular flexibility index (Phi) is 2.79. The van der Waals surface area contributed by atoms with E-state index in [1.807, 2.05) is 6.07 Å². The summed E-state index contributed by atoms with van der Waals surface area (Å²) in [5.41, 5.74) is 4.86. The summed E-state index contributed by atoms with van der Waals surface area (Å²) in [6.45, 7) is 2.07. The van der Waals surface area contributed by atoms with Crippen LogP contribution in [0.5, 0.6) is 5.75 Å². The Balaban J connectivity index is 2.19. The number of rotatable bonds is 2. The van der Waals surface area contributed by atoms with E-state index in [2.05, 4.69) is 61.0 Å². The van der Waals surface area contributed by atoms with Gasteiger partial charge in [-0.3, -0.25) is 0 Å². The molecule has 96 valence electrons. The zero-order valence-corrected chi connectivity index (χ0v) is 11.5. The van der Waals surface area contributed by atoms with Crippen molar-refractivity contribution in [1.29, 1.82) is 0 Å². The molecule has 0 bridgehead atoms. The topological polar surface area (TPSA) is 14.2 Å². The van der Waals surface area contributed by atoms with Crippen LogP contribution < -0.4 is 4.74 Å². The van der Waals surface area contributed by atoms with E-state index in [4.69, 9.17) is 4.74 Å². The van der Waals surface area contributed by atoms with Crippen LogP contribution in [0.1, 0.15) is 5.56 Å². The normalized spacial score (nSPS) is 10.9. The zero-order chi connectivity index (χ0) is 13.4. The van der Waals surface area contributed by atoms with E-state index in [1.165, 1.54) is 22.2 Å². The lowest BCUT2D eigenvalue weighted by atomic mass is 10.1. The first-order valence-corrected chi connectivity index (χ1v) is 6.40. The van der Waals surface area contributed by atoms with Crippen LogP contribution in [-0.4, -0.2) is 11.7 Å². The minimum absolute atomic E-state index is 0.933. The van der Waals surface area contributed by atoms with Crippen LogP contribution in [0.4, 0.5) is 0 Å². The Morgan fingerprint density at radius 2 is 1.79 bits per heavy atom. The summed E-state index contributed by atoms with van der Waals surface area (Å²) < 4.78 is 7.55. The maximum atomic E-state index is 5.32. The second-order valence-corrected chi connectivity index (χ2v) is 4.83. The molecular formula is C17H17NO. The van der Waals surface area contributed by atoms with Crippen LogP contribution in [0.25, 0.3) is 22.2 Å². The van der Waals surface area contributed by atoms with Gasteiger partial charge in [0, 0.05) is 23.6 Å². The lowest BCUT2D eigenvalue weighted by Crippen LogP contribution is -1.92. The molecule has 0 saturated heterocycles. The molecule has 0 radical (unpaired) electrons. The molecule has 0 spiro atoms. The Labute approximate surface area is 113 Å². The molecule has 3 rings (SSSR count). The molecule has 1 heterocycles. The van der Waals surface area contributed by atoms with E-state index in [9.17, 15) is 0 Å². The molecule has 0 saturated carbocycles. The molecule has 2 nitrogen and oxygen atoms in total. The maximum absolute atomic E-state index is 5.32. The SMILES string of the molecule is COc1ccc(-c2cc3ccccc3n2C)cc1C. The standard InChI is InChI=1S/C17H17NO/c1-12-10-14(8-9-17(12)19-3)16-11-13-6-4-5-7-15(13)18(16)2/h4-11H,1-3H3. The predicted molar refractivity (Wildman–Crippen MR) is 79.6 cm³/mol. The first-order valence-electron chi connectivity index (χ1n) is 6.40.